The number of nitrogens with zero attached hydrogens (tertiary/aromatic N) is 2. The minimum absolute atomic E-state index is 0.102. The number of anilines is 1. The zero-order valence-corrected chi connectivity index (χ0v) is 12.1. The van der Waals surface area contributed by atoms with Crippen molar-refractivity contribution in [1.29, 1.82) is 0 Å². The number of nitrogens with two attached hydrogens (primary N) is 1. The Balaban J connectivity index is 2.08. The molecular formula is C15H20FN3O2. The van der Waals surface area contributed by atoms with E-state index in [1.165, 1.54) is 12.1 Å². The van der Waals surface area contributed by atoms with E-state index in [0.29, 0.717) is 38.2 Å². The van der Waals surface area contributed by atoms with E-state index in [1.54, 1.807) is 9.80 Å². The van der Waals surface area contributed by atoms with Gasteiger partial charge in [-0.05, 0) is 24.6 Å². The Labute approximate surface area is 123 Å². The average molecular weight is 293 g/mol. The van der Waals surface area contributed by atoms with E-state index in [2.05, 4.69) is 0 Å². The molecule has 1 fully saturated rings. The third-order valence-corrected chi connectivity index (χ3v) is 3.68. The number of halogens is 1. The van der Waals surface area contributed by atoms with Crippen molar-refractivity contribution in [3.63, 3.8) is 0 Å². The second-order valence-corrected chi connectivity index (χ2v) is 5.11. The van der Waals surface area contributed by atoms with Crippen LogP contribution >= 0.6 is 0 Å². The van der Waals surface area contributed by atoms with Gasteiger partial charge in [0.05, 0.1) is 5.56 Å². The lowest BCUT2D eigenvalue weighted by Gasteiger charge is -2.22. The predicted molar refractivity (Wildman–Crippen MR) is 78.2 cm³/mol. The fourth-order valence-corrected chi connectivity index (χ4v) is 2.49. The molecule has 0 spiro atoms. The van der Waals surface area contributed by atoms with Crippen LogP contribution in [0, 0.1) is 5.82 Å². The van der Waals surface area contributed by atoms with Crippen molar-refractivity contribution >= 4 is 17.5 Å². The Bertz CT molecular complexity index is 548. The molecule has 1 aliphatic rings. The van der Waals surface area contributed by atoms with Gasteiger partial charge in [-0.25, -0.2) is 4.39 Å². The van der Waals surface area contributed by atoms with E-state index in [4.69, 9.17) is 5.73 Å². The minimum Gasteiger partial charge on any atom is -0.398 e. The van der Waals surface area contributed by atoms with Gasteiger partial charge < -0.3 is 15.5 Å². The number of carbonyl (C=O) groups is 2. The number of benzene rings is 1. The van der Waals surface area contributed by atoms with Crippen molar-refractivity contribution in [1.82, 2.24) is 9.80 Å². The van der Waals surface area contributed by atoms with Crippen molar-refractivity contribution in [2.45, 2.75) is 19.8 Å². The number of rotatable bonds is 2. The first-order chi connectivity index (χ1) is 10.0. The van der Waals surface area contributed by atoms with Crippen molar-refractivity contribution in [2.75, 3.05) is 31.9 Å². The predicted octanol–water partition coefficient (Wildman–Crippen LogP) is 1.49. The fourth-order valence-electron chi connectivity index (χ4n) is 2.49. The molecule has 5 nitrogen and oxygen atoms in total. The van der Waals surface area contributed by atoms with Crippen molar-refractivity contribution < 1.29 is 14.0 Å². The van der Waals surface area contributed by atoms with Gasteiger partial charge in [0.15, 0.2) is 0 Å². The number of hydrogen-bond donors (Lipinski definition) is 1. The highest BCUT2D eigenvalue weighted by Crippen LogP contribution is 2.17. The second-order valence-electron chi connectivity index (χ2n) is 5.11. The Morgan fingerprint density at radius 3 is 2.52 bits per heavy atom. The smallest absolute Gasteiger partial charge is 0.256 e. The highest BCUT2D eigenvalue weighted by Gasteiger charge is 2.23. The van der Waals surface area contributed by atoms with E-state index < -0.39 is 5.82 Å². The standard InChI is InChI=1S/C15H20FN3O2/c1-2-14(20)18-6-3-7-19(9-8-18)15(21)12-5-4-11(16)10-13(12)17/h4-5,10H,2-3,6-9,17H2,1H3. The van der Waals surface area contributed by atoms with Gasteiger partial charge in [-0.2, -0.15) is 0 Å². The zero-order valence-electron chi connectivity index (χ0n) is 12.1. The molecule has 0 saturated carbocycles. The first kappa shape index (κ1) is 15.3. The van der Waals surface area contributed by atoms with Crippen molar-refractivity contribution in [3.05, 3.63) is 29.6 Å². The summed E-state index contributed by atoms with van der Waals surface area (Å²) in [4.78, 5) is 27.6. The molecule has 1 aromatic carbocycles. The Morgan fingerprint density at radius 2 is 1.86 bits per heavy atom. The summed E-state index contributed by atoms with van der Waals surface area (Å²) in [7, 11) is 0. The van der Waals surface area contributed by atoms with E-state index in [0.717, 1.165) is 12.5 Å². The first-order valence-electron chi connectivity index (χ1n) is 7.15. The van der Waals surface area contributed by atoms with Gasteiger partial charge in [-0.1, -0.05) is 6.92 Å². The molecule has 2 rings (SSSR count). The molecule has 2 amide bonds. The molecule has 1 aromatic rings. The Morgan fingerprint density at radius 1 is 1.19 bits per heavy atom. The quantitative estimate of drug-likeness (QED) is 0.840. The third-order valence-electron chi connectivity index (χ3n) is 3.68. The van der Waals surface area contributed by atoms with Crippen LogP contribution in [0.4, 0.5) is 10.1 Å². The summed E-state index contributed by atoms with van der Waals surface area (Å²) in [5.74, 6) is -0.566. The van der Waals surface area contributed by atoms with Gasteiger partial charge in [-0.15, -0.1) is 0 Å². The molecule has 0 unspecified atom stereocenters. The van der Waals surface area contributed by atoms with Gasteiger partial charge in [0.2, 0.25) is 5.91 Å². The highest BCUT2D eigenvalue weighted by molar-refractivity contribution is 5.99. The molecule has 0 radical (unpaired) electrons. The lowest BCUT2D eigenvalue weighted by molar-refractivity contribution is -0.130. The summed E-state index contributed by atoms with van der Waals surface area (Å²) in [5.41, 5.74) is 6.17. The third kappa shape index (κ3) is 3.51. The molecule has 0 aromatic heterocycles. The summed E-state index contributed by atoms with van der Waals surface area (Å²) < 4.78 is 13.0. The second kappa shape index (κ2) is 6.56. The van der Waals surface area contributed by atoms with E-state index in [-0.39, 0.29) is 17.5 Å². The maximum atomic E-state index is 13.0. The Kier molecular flexibility index (Phi) is 4.77. The molecule has 0 aliphatic carbocycles. The van der Waals surface area contributed by atoms with Gasteiger partial charge in [0.25, 0.3) is 5.91 Å². The molecule has 1 aliphatic heterocycles. The summed E-state index contributed by atoms with van der Waals surface area (Å²) in [6.45, 7) is 4.06. The van der Waals surface area contributed by atoms with Crippen LogP contribution in [0.2, 0.25) is 0 Å². The summed E-state index contributed by atoms with van der Waals surface area (Å²) >= 11 is 0. The molecule has 0 atom stereocenters. The number of amides is 2. The number of hydrogen-bond acceptors (Lipinski definition) is 3. The van der Waals surface area contributed by atoms with E-state index >= 15 is 0 Å². The topological polar surface area (TPSA) is 66.6 Å². The number of carbonyl (C=O) groups excluding carboxylic acids is 2. The summed E-state index contributed by atoms with van der Waals surface area (Å²) in [5, 5.41) is 0. The molecule has 1 heterocycles. The summed E-state index contributed by atoms with van der Waals surface area (Å²) in [6.07, 6.45) is 1.21. The maximum Gasteiger partial charge on any atom is 0.256 e. The van der Waals surface area contributed by atoms with Gasteiger partial charge in [-0.3, -0.25) is 9.59 Å². The van der Waals surface area contributed by atoms with E-state index in [1.807, 2.05) is 6.92 Å². The highest BCUT2D eigenvalue weighted by atomic mass is 19.1. The van der Waals surface area contributed by atoms with Gasteiger partial charge in [0, 0.05) is 38.3 Å². The van der Waals surface area contributed by atoms with Crippen LogP contribution in [0.1, 0.15) is 30.1 Å². The minimum atomic E-state index is -0.459. The van der Waals surface area contributed by atoms with Crippen LogP contribution in [0.25, 0.3) is 0 Å². The SMILES string of the molecule is CCC(=O)N1CCCN(C(=O)c2ccc(F)cc2N)CC1. The van der Waals surface area contributed by atoms with Gasteiger partial charge >= 0.3 is 0 Å². The average Bonchev–Trinajstić information content (AvgIpc) is 2.71. The largest absolute Gasteiger partial charge is 0.398 e. The zero-order chi connectivity index (χ0) is 15.4. The van der Waals surface area contributed by atoms with Crippen LogP contribution in [0.3, 0.4) is 0 Å². The fraction of sp³-hybridized carbons (Fsp3) is 0.467. The van der Waals surface area contributed by atoms with Crippen LogP contribution in [-0.4, -0.2) is 47.8 Å². The summed E-state index contributed by atoms with van der Waals surface area (Å²) in [6, 6.07) is 3.79. The molecule has 21 heavy (non-hydrogen) atoms. The number of nitrogen functional groups attached to an aromatic ring is 1. The van der Waals surface area contributed by atoms with Crippen molar-refractivity contribution in [2.24, 2.45) is 0 Å². The lowest BCUT2D eigenvalue weighted by Crippen LogP contribution is -2.37. The van der Waals surface area contributed by atoms with Crippen LogP contribution in [-0.2, 0) is 4.79 Å². The lowest BCUT2D eigenvalue weighted by atomic mass is 10.1. The molecule has 6 heteroatoms. The van der Waals surface area contributed by atoms with Crippen molar-refractivity contribution in [3.8, 4) is 0 Å². The first-order valence-corrected chi connectivity index (χ1v) is 7.15. The van der Waals surface area contributed by atoms with Crippen LogP contribution in [0.5, 0.6) is 0 Å². The monoisotopic (exact) mass is 293 g/mol. The maximum absolute atomic E-state index is 13.0. The Hall–Kier alpha value is -2.11. The molecular weight excluding hydrogens is 273 g/mol. The molecule has 0 bridgehead atoms. The molecule has 114 valence electrons. The van der Waals surface area contributed by atoms with Crippen LogP contribution in [0.15, 0.2) is 18.2 Å². The molecule has 1 saturated heterocycles. The normalized spacial score (nSPS) is 15.7. The van der Waals surface area contributed by atoms with E-state index in [9.17, 15) is 14.0 Å². The molecule has 2 N–H and O–H groups in total. The van der Waals surface area contributed by atoms with Gasteiger partial charge in [0.1, 0.15) is 5.82 Å². The van der Waals surface area contributed by atoms with Crippen LogP contribution < -0.4 is 5.73 Å².